The molecule has 3 aliphatic rings. The zero-order valence-electron chi connectivity index (χ0n) is 15.6. The maximum Gasteiger partial charge on any atom is 0.178 e. The lowest BCUT2D eigenvalue weighted by Gasteiger charge is -2.25. The molecular weight excluding hydrogens is 419 g/mol. The lowest BCUT2D eigenvalue weighted by Crippen LogP contribution is -2.37. The summed E-state index contributed by atoms with van der Waals surface area (Å²) in [6.07, 6.45) is 16.4. The summed E-state index contributed by atoms with van der Waals surface area (Å²) in [4.78, 5) is 12.7. The van der Waals surface area contributed by atoms with Crippen molar-refractivity contribution in [3.63, 3.8) is 0 Å². The highest BCUT2D eigenvalue weighted by Gasteiger charge is 2.24. The number of allylic oxidation sites excluding steroid dienone is 4. The van der Waals surface area contributed by atoms with Gasteiger partial charge in [-0.2, -0.15) is 0 Å². The van der Waals surface area contributed by atoms with Gasteiger partial charge in [0.25, 0.3) is 0 Å². The van der Waals surface area contributed by atoms with Crippen LogP contribution in [0, 0.1) is 0 Å². The molecule has 144 valence electrons. The number of H-pyrrole nitrogens is 1. The number of aromatic nitrogens is 3. The van der Waals surface area contributed by atoms with E-state index in [2.05, 4.69) is 36.5 Å². The van der Waals surface area contributed by atoms with Gasteiger partial charge in [0.05, 0.1) is 10.7 Å². The highest BCUT2D eigenvalue weighted by Crippen LogP contribution is 2.32. The topological polar surface area (TPSA) is 46.0 Å². The molecule has 1 aliphatic heterocycles. The fourth-order valence-corrected chi connectivity index (χ4v) is 5.21. The van der Waals surface area contributed by atoms with Gasteiger partial charge in [0.2, 0.25) is 0 Å². The Balaban J connectivity index is 1.84. The summed E-state index contributed by atoms with van der Waals surface area (Å²) in [6.45, 7) is 0. The van der Waals surface area contributed by atoms with E-state index in [0.717, 1.165) is 38.8 Å². The van der Waals surface area contributed by atoms with E-state index in [1.807, 2.05) is 18.5 Å². The standard InChI is InChI=1S/C22H22BrFN4/c23-22-27-19(14-6-8-15(24)9-7-14)20(28(22)16-4-2-1-3-5-16)17-10-12-25-21-18(17)11-13-26-21/h6,8-9,11-13,16,26H,1-5,7,10H2. The van der Waals surface area contributed by atoms with Crippen molar-refractivity contribution in [2.24, 2.45) is 4.99 Å². The average molecular weight is 441 g/mol. The minimum atomic E-state index is -0.179. The van der Waals surface area contributed by atoms with E-state index in [4.69, 9.17) is 4.98 Å². The quantitative estimate of drug-likeness (QED) is 0.683. The Morgan fingerprint density at radius 2 is 2.00 bits per heavy atom. The molecular formula is C22H22BrFN4. The van der Waals surface area contributed by atoms with Gasteiger partial charge in [-0.1, -0.05) is 25.3 Å². The molecule has 0 aromatic carbocycles. The van der Waals surface area contributed by atoms with Crippen LogP contribution in [-0.4, -0.2) is 20.7 Å². The average Bonchev–Trinajstić information content (AvgIpc) is 3.33. The number of rotatable bonds is 1. The lowest BCUT2D eigenvalue weighted by molar-refractivity contribution is 0.343. The number of aromatic amines is 1. The maximum atomic E-state index is 13.6. The first-order valence-electron chi connectivity index (χ1n) is 9.96. The second-order valence-electron chi connectivity index (χ2n) is 7.63. The Kier molecular flexibility index (Phi) is 4.67. The minimum absolute atomic E-state index is 0.179. The van der Waals surface area contributed by atoms with Crippen molar-refractivity contribution in [1.82, 2.24) is 14.5 Å². The Labute approximate surface area is 171 Å². The van der Waals surface area contributed by atoms with Crippen LogP contribution in [0.3, 0.4) is 0 Å². The second kappa shape index (κ2) is 7.32. The normalized spacial score (nSPS) is 23.7. The monoisotopic (exact) mass is 440 g/mol. The number of nitrogens with zero attached hydrogens (tertiary/aromatic N) is 3. The Hall–Kier alpha value is -2.21. The van der Waals surface area contributed by atoms with Gasteiger partial charge in [0.1, 0.15) is 11.6 Å². The minimum Gasteiger partial charge on any atom is -0.346 e. The summed E-state index contributed by atoms with van der Waals surface area (Å²) in [5.41, 5.74) is 3.43. The van der Waals surface area contributed by atoms with Crippen LogP contribution in [0.25, 0.3) is 11.1 Å². The van der Waals surface area contributed by atoms with E-state index in [-0.39, 0.29) is 5.83 Å². The summed E-state index contributed by atoms with van der Waals surface area (Å²) in [6, 6.07) is 2.53. The predicted octanol–water partition coefficient (Wildman–Crippen LogP) is 4.75. The fraction of sp³-hybridized carbons (Fsp3) is 0.364. The van der Waals surface area contributed by atoms with Crippen molar-refractivity contribution >= 4 is 39.1 Å². The number of hydrogen-bond donors (Lipinski definition) is 1. The first-order chi connectivity index (χ1) is 13.7. The first kappa shape index (κ1) is 17.9. The SMILES string of the molecule is FC1=CCC(=c2nc(Br)n(C3CCCCC3)c2=C2CC=Nc3[nH]ccc32)C=C1. The molecule has 5 rings (SSSR count). The van der Waals surface area contributed by atoms with Crippen molar-refractivity contribution < 1.29 is 4.39 Å². The lowest BCUT2D eigenvalue weighted by atomic mass is 9.94. The van der Waals surface area contributed by atoms with Crippen LogP contribution in [0.5, 0.6) is 0 Å². The molecule has 2 aromatic rings. The third-order valence-corrected chi connectivity index (χ3v) is 6.48. The molecule has 2 aromatic heterocycles. The highest BCUT2D eigenvalue weighted by atomic mass is 79.9. The smallest absolute Gasteiger partial charge is 0.178 e. The van der Waals surface area contributed by atoms with Gasteiger partial charge < -0.3 is 9.55 Å². The van der Waals surface area contributed by atoms with Crippen LogP contribution >= 0.6 is 15.9 Å². The molecule has 3 heterocycles. The summed E-state index contributed by atoms with van der Waals surface area (Å²) in [5, 5.41) is 2.11. The zero-order chi connectivity index (χ0) is 19.1. The highest BCUT2D eigenvalue weighted by molar-refractivity contribution is 9.10. The van der Waals surface area contributed by atoms with E-state index in [0.29, 0.717) is 12.5 Å². The summed E-state index contributed by atoms with van der Waals surface area (Å²) in [7, 11) is 0. The van der Waals surface area contributed by atoms with E-state index in [1.165, 1.54) is 43.8 Å². The molecule has 0 unspecified atom stereocenters. The van der Waals surface area contributed by atoms with Crippen molar-refractivity contribution in [1.29, 1.82) is 0 Å². The Morgan fingerprint density at radius 1 is 1.14 bits per heavy atom. The summed E-state index contributed by atoms with van der Waals surface area (Å²) < 4.78 is 16.8. The zero-order valence-corrected chi connectivity index (χ0v) is 17.2. The number of fused-ring (bicyclic) bond motifs is 1. The van der Waals surface area contributed by atoms with Crippen LogP contribution in [0.4, 0.5) is 10.2 Å². The van der Waals surface area contributed by atoms with E-state index in [9.17, 15) is 4.39 Å². The predicted molar refractivity (Wildman–Crippen MR) is 114 cm³/mol. The number of halogens is 2. The van der Waals surface area contributed by atoms with Gasteiger partial charge in [-0.25, -0.2) is 14.4 Å². The van der Waals surface area contributed by atoms with E-state index < -0.39 is 0 Å². The van der Waals surface area contributed by atoms with Crippen LogP contribution < -0.4 is 10.7 Å². The molecule has 0 spiro atoms. The van der Waals surface area contributed by atoms with Crippen molar-refractivity contribution in [3.05, 3.63) is 57.3 Å². The van der Waals surface area contributed by atoms with Gasteiger partial charge in [-0.05, 0) is 64.6 Å². The largest absolute Gasteiger partial charge is 0.346 e. The first-order valence-corrected chi connectivity index (χ1v) is 10.8. The second-order valence-corrected chi connectivity index (χ2v) is 8.34. The molecule has 0 bridgehead atoms. The summed E-state index contributed by atoms with van der Waals surface area (Å²) in [5.74, 6) is 0.719. The number of hydrogen-bond acceptors (Lipinski definition) is 2. The third kappa shape index (κ3) is 3.04. The van der Waals surface area contributed by atoms with E-state index >= 15 is 0 Å². The number of aliphatic imine (C=N–C) groups is 1. The van der Waals surface area contributed by atoms with Gasteiger partial charge in [-0.3, -0.25) is 0 Å². The van der Waals surface area contributed by atoms with Gasteiger partial charge in [0.15, 0.2) is 4.73 Å². The molecule has 2 aliphatic carbocycles. The van der Waals surface area contributed by atoms with Crippen LogP contribution in [0.15, 0.2) is 46.0 Å². The van der Waals surface area contributed by atoms with Crippen LogP contribution in [0.2, 0.25) is 0 Å². The third-order valence-electron chi connectivity index (χ3n) is 5.92. The Morgan fingerprint density at radius 3 is 2.79 bits per heavy atom. The molecule has 0 saturated heterocycles. The van der Waals surface area contributed by atoms with Crippen molar-refractivity contribution in [3.8, 4) is 0 Å². The molecule has 4 nitrogen and oxygen atoms in total. The molecule has 28 heavy (non-hydrogen) atoms. The van der Waals surface area contributed by atoms with Crippen molar-refractivity contribution in [2.75, 3.05) is 0 Å². The summed E-state index contributed by atoms with van der Waals surface area (Å²) >= 11 is 3.75. The van der Waals surface area contributed by atoms with Gasteiger partial charge >= 0.3 is 0 Å². The maximum absolute atomic E-state index is 13.6. The van der Waals surface area contributed by atoms with E-state index in [1.54, 1.807) is 6.08 Å². The fourth-order valence-electron chi connectivity index (χ4n) is 4.56. The molecule has 0 atom stereocenters. The number of imidazole rings is 1. The van der Waals surface area contributed by atoms with Crippen molar-refractivity contribution in [2.45, 2.75) is 51.0 Å². The molecule has 1 N–H and O–H groups in total. The molecule has 1 saturated carbocycles. The Bertz CT molecular complexity index is 1130. The molecule has 6 heteroatoms. The van der Waals surface area contributed by atoms with Crippen LogP contribution in [0.1, 0.15) is 56.6 Å². The van der Waals surface area contributed by atoms with Gasteiger partial charge in [0, 0.05) is 30.4 Å². The van der Waals surface area contributed by atoms with Gasteiger partial charge in [-0.15, -0.1) is 0 Å². The molecule has 1 fully saturated rings. The molecule has 0 amide bonds. The number of nitrogens with one attached hydrogen (secondary N) is 1. The molecule has 0 radical (unpaired) electrons. The van der Waals surface area contributed by atoms with Crippen LogP contribution in [-0.2, 0) is 0 Å².